The van der Waals surface area contributed by atoms with Crippen LogP contribution in [-0.2, 0) is 10.0 Å². The van der Waals surface area contributed by atoms with Crippen molar-refractivity contribution in [1.29, 1.82) is 0 Å². The molecule has 0 aliphatic rings. The number of anilines is 2. The van der Waals surface area contributed by atoms with Gasteiger partial charge in [0.25, 0.3) is 10.0 Å². The van der Waals surface area contributed by atoms with Crippen LogP contribution in [0.25, 0.3) is 0 Å². The molecule has 0 fully saturated rings. The SMILES string of the molecule is Nc1cc(F)c(F)c(S(=O)(=O)Nc2ccc(Cl)cc2I)c1. The molecule has 0 heterocycles. The number of halogens is 4. The first-order valence-electron chi connectivity index (χ1n) is 5.43. The Morgan fingerprint density at radius 2 is 1.86 bits per heavy atom. The molecular formula is C12H8ClF2IN2O2S. The Morgan fingerprint density at radius 3 is 2.48 bits per heavy atom. The van der Waals surface area contributed by atoms with E-state index in [1.807, 2.05) is 22.6 Å². The summed E-state index contributed by atoms with van der Waals surface area (Å²) in [5.74, 6) is -2.82. The predicted octanol–water partition coefficient (Wildman–Crippen LogP) is 3.61. The molecule has 21 heavy (non-hydrogen) atoms. The van der Waals surface area contributed by atoms with Crippen molar-refractivity contribution in [3.63, 3.8) is 0 Å². The van der Waals surface area contributed by atoms with E-state index in [-0.39, 0.29) is 11.4 Å². The highest BCUT2D eigenvalue weighted by atomic mass is 127. The molecule has 0 atom stereocenters. The zero-order chi connectivity index (χ0) is 15.8. The maximum Gasteiger partial charge on any atom is 0.265 e. The van der Waals surface area contributed by atoms with Gasteiger partial charge < -0.3 is 5.73 Å². The fourth-order valence-electron chi connectivity index (χ4n) is 1.55. The molecule has 3 N–H and O–H groups in total. The molecule has 2 aromatic carbocycles. The Balaban J connectivity index is 2.48. The number of nitrogen functional groups attached to an aromatic ring is 1. The first-order valence-corrected chi connectivity index (χ1v) is 8.37. The average Bonchev–Trinajstić information content (AvgIpc) is 2.37. The molecule has 0 bridgehead atoms. The third-order valence-electron chi connectivity index (χ3n) is 2.48. The molecule has 0 aliphatic heterocycles. The highest BCUT2D eigenvalue weighted by Crippen LogP contribution is 2.27. The lowest BCUT2D eigenvalue weighted by Crippen LogP contribution is -2.16. The van der Waals surface area contributed by atoms with Crippen LogP contribution < -0.4 is 10.5 Å². The molecule has 4 nitrogen and oxygen atoms in total. The van der Waals surface area contributed by atoms with E-state index >= 15 is 0 Å². The number of nitrogens with two attached hydrogens (primary N) is 1. The van der Waals surface area contributed by atoms with Gasteiger partial charge in [-0.25, -0.2) is 17.2 Å². The van der Waals surface area contributed by atoms with Crippen LogP contribution in [0.1, 0.15) is 0 Å². The second-order valence-corrected chi connectivity index (χ2v) is 7.29. The minimum Gasteiger partial charge on any atom is -0.399 e. The van der Waals surface area contributed by atoms with Crippen molar-refractivity contribution in [2.45, 2.75) is 4.90 Å². The van der Waals surface area contributed by atoms with Gasteiger partial charge in [-0.05, 0) is 52.9 Å². The minimum absolute atomic E-state index is 0.194. The van der Waals surface area contributed by atoms with Gasteiger partial charge in [-0.1, -0.05) is 11.6 Å². The first-order chi connectivity index (χ1) is 9.70. The summed E-state index contributed by atoms with van der Waals surface area (Å²) < 4.78 is 53.9. The van der Waals surface area contributed by atoms with Gasteiger partial charge in [0.1, 0.15) is 4.90 Å². The summed E-state index contributed by atoms with van der Waals surface area (Å²) in [6.07, 6.45) is 0. The van der Waals surface area contributed by atoms with E-state index in [9.17, 15) is 17.2 Å². The van der Waals surface area contributed by atoms with E-state index in [0.29, 0.717) is 14.7 Å². The van der Waals surface area contributed by atoms with Gasteiger partial charge >= 0.3 is 0 Å². The Labute approximate surface area is 138 Å². The second-order valence-electron chi connectivity index (χ2n) is 4.04. The lowest BCUT2D eigenvalue weighted by atomic mass is 10.3. The second kappa shape index (κ2) is 5.93. The standard InChI is InChI=1S/C12H8ClF2IN2O2S/c13-6-1-2-10(9(16)3-6)18-21(19,20)11-5-7(17)4-8(14)12(11)15/h1-5,18H,17H2. The largest absolute Gasteiger partial charge is 0.399 e. The van der Waals surface area contributed by atoms with Gasteiger partial charge in [0.15, 0.2) is 11.6 Å². The quantitative estimate of drug-likeness (QED) is 0.561. The van der Waals surface area contributed by atoms with Gasteiger partial charge in [0, 0.05) is 14.3 Å². The molecule has 2 aromatic rings. The van der Waals surface area contributed by atoms with Crippen LogP contribution in [0.15, 0.2) is 35.2 Å². The Kier molecular flexibility index (Phi) is 4.59. The van der Waals surface area contributed by atoms with Crippen LogP contribution >= 0.6 is 34.2 Å². The van der Waals surface area contributed by atoms with Crippen LogP contribution in [0, 0.1) is 15.2 Å². The van der Waals surface area contributed by atoms with E-state index < -0.39 is 26.6 Å². The summed E-state index contributed by atoms with van der Waals surface area (Å²) in [4.78, 5) is -0.856. The maximum absolute atomic E-state index is 13.7. The number of hydrogen-bond acceptors (Lipinski definition) is 3. The van der Waals surface area contributed by atoms with E-state index in [0.717, 1.165) is 6.07 Å². The summed E-state index contributed by atoms with van der Waals surface area (Å²) in [7, 11) is -4.32. The molecule has 0 radical (unpaired) electrons. The van der Waals surface area contributed by atoms with E-state index in [2.05, 4.69) is 4.72 Å². The molecule has 0 unspecified atom stereocenters. The van der Waals surface area contributed by atoms with E-state index in [4.69, 9.17) is 17.3 Å². The van der Waals surface area contributed by atoms with Crippen LogP contribution in [0.4, 0.5) is 20.2 Å². The molecule has 0 spiro atoms. The Morgan fingerprint density at radius 1 is 1.19 bits per heavy atom. The molecule has 112 valence electrons. The van der Waals surface area contributed by atoms with Crippen molar-refractivity contribution in [1.82, 2.24) is 0 Å². The molecule has 0 saturated heterocycles. The first kappa shape index (κ1) is 16.2. The number of rotatable bonds is 3. The van der Waals surface area contributed by atoms with Gasteiger partial charge in [-0.2, -0.15) is 0 Å². The molecule has 0 aliphatic carbocycles. The molecular weight excluding hydrogens is 437 g/mol. The molecule has 0 saturated carbocycles. The summed E-state index contributed by atoms with van der Waals surface area (Å²) in [6, 6.07) is 5.97. The monoisotopic (exact) mass is 444 g/mol. The zero-order valence-corrected chi connectivity index (χ0v) is 13.9. The summed E-state index contributed by atoms with van der Waals surface area (Å²) in [5, 5.41) is 0.420. The topological polar surface area (TPSA) is 72.2 Å². The van der Waals surface area contributed by atoms with Gasteiger partial charge in [0.05, 0.1) is 5.69 Å². The predicted molar refractivity (Wildman–Crippen MR) is 85.7 cm³/mol. The molecule has 0 aromatic heterocycles. The van der Waals surface area contributed by atoms with Crippen molar-refractivity contribution in [3.8, 4) is 0 Å². The van der Waals surface area contributed by atoms with Crippen molar-refractivity contribution >= 4 is 55.6 Å². The number of nitrogens with one attached hydrogen (secondary N) is 1. The fourth-order valence-corrected chi connectivity index (χ4v) is 3.94. The molecule has 2 rings (SSSR count). The lowest BCUT2D eigenvalue weighted by molar-refractivity contribution is 0.486. The van der Waals surface area contributed by atoms with Crippen LogP contribution in [-0.4, -0.2) is 8.42 Å². The smallest absolute Gasteiger partial charge is 0.265 e. The highest BCUT2D eigenvalue weighted by Gasteiger charge is 2.23. The van der Waals surface area contributed by atoms with Gasteiger partial charge in [-0.15, -0.1) is 0 Å². The Bertz CT molecular complexity index is 815. The van der Waals surface area contributed by atoms with Crippen LogP contribution in [0.2, 0.25) is 5.02 Å². The van der Waals surface area contributed by atoms with Crippen LogP contribution in [0.5, 0.6) is 0 Å². The van der Waals surface area contributed by atoms with Crippen molar-refractivity contribution < 1.29 is 17.2 Å². The maximum atomic E-state index is 13.7. The van der Waals surface area contributed by atoms with Crippen LogP contribution in [0.3, 0.4) is 0 Å². The third-order valence-corrected chi connectivity index (χ3v) is 4.97. The van der Waals surface area contributed by atoms with Gasteiger partial charge in [-0.3, -0.25) is 4.72 Å². The lowest BCUT2D eigenvalue weighted by Gasteiger charge is -2.11. The normalized spacial score (nSPS) is 11.4. The summed E-state index contributed by atoms with van der Waals surface area (Å²) >= 11 is 7.63. The summed E-state index contributed by atoms with van der Waals surface area (Å²) in [6.45, 7) is 0. The third kappa shape index (κ3) is 3.55. The molecule has 0 amide bonds. The van der Waals surface area contributed by atoms with Gasteiger partial charge in [0.2, 0.25) is 0 Å². The molecule has 9 heteroatoms. The van der Waals surface area contributed by atoms with Crippen molar-refractivity contribution in [2.24, 2.45) is 0 Å². The average molecular weight is 445 g/mol. The minimum atomic E-state index is -4.32. The van der Waals surface area contributed by atoms with Crippen molar-refractivity contribution in [2.75, 3.05) is 10.5 Å². The zero-order valence-electron chi connectivity index (χ0n) is 10.2. The van der Waals surface area contributed by atoms with E-state index in [1.165, 1.54) is 18.2 Å². The van der Waals surface area contributed by atoms with Crippen molar-refractivity contribution in [3.05, 3.63) is 50.6 Å². The fraction of sp³-hybridized carbons (Fsp3) is 0. The number of sulfonamides is 1. The summed E-state index contributed by atoms with van der Waals surface area (Å²) in [5.41, 5.74) is 5.35. The Hall–Kier alpha value is -1.13. The highest BCUT2D eigenvalue weighted by molar-refractivity contribution is 14.1. The number of benzene rings is 2. The number of hydrogen-bond donors (Lipinski definition) is 2. The van der Waals surface area contributed by atoms with E-state index in [1.54, 1.807) is 0 Å².